The summed E-state index contributed by atoms with van der Waals surface area (Å²) < 4.78 is 9.55. The summed E-state index contributed by atoms with van der Waals surface area (Å²) in [6.07, 6.45) is 7.34. The summed E-state index contributed by atoms with van der Waals surface area (Å²) in [7, 11) is 1.99. The number of carbonyl (C=O) groups excluding carboxylic acids is 1. The van der Waals surface area contributed by atoms with Crippen LogP contribution in [-0.4, -0.2) is 44.5 Å². The summed E-state index contributed by atoms with van der Waals surface area (Å²) in [6, 6.07) is 7.70. The molecule has 0 aliphatic carbocycles. The van der Waals surface area contributed by atoms with E-state index in [1.54, 1.807) is 12.5 Å². The summed E-state index contributed by atoms with van der Waals surface area (Å²) in [5, 5.41) is 0. The van der Waals surface area contributed by atoms with E-state index < -0.39 is 0 Å². The van der Waals surface area contributed by atoms with Gasteiger partial charge in [0.25, 0.3) is 5.91 Å². The van der Waals surface area contributed by atoms with Crippen LogP contribution in [0.5, 0.6) is 0 Å². The molecule has 1 amide bonds. The molecule has 0 aromatic carbocycles. The van der Waals surface area contributed by atoms with Gasteiger partial charge in [-0.25, -0.2) is 4.98 Å². The van der Waals surface area contributed by atoms with Crippen LogP contribution in [0.25, 0.3) is 5.52 Å². The van der Waals surface area contributed by atoms with E-state index in [1.165, 1.54) is 0 Å². The fourth-order valence-corrected chi connectivity index (χ4v) is 3.13. The molecule has 118 valence electrons. The average molecular weight is 310 g/mol. The highest BCUT2D eigenvalue weighted by Crippen LogP contribution is 2.26. The van der Waals surface area contributed by atoms with Crippen molar-refractivity contribution in [2.24, 2.45) is 7.05 Å². The lowest BCUT2D eigenvalue weighted by atomic mass is 10.1. The number of ether oxygens (including phenoxy) is 1. The number of rotatable bonds is 2. The van der Waals surface area contributed by atoms with Crippen molar-refractivity contribution in [2.45, 2.75) is 6.04 Å². The summed E-state index contributed by atoms with van der Waals surface area (Å²) in [5.74, 6) is 0.0307. The van der Waals surface area contributed by atoms with Crippen molar-refractivity contribution in [3.63, 3.8) is 0 Å². The largest absolute Gasteiger partial charge is 0.377 e. The number of morpholine rings is 1. The number of hydrogen-bond donors (Lipinski definition) is 0. The standard InChI is InChI=1S/C17H18N4O2/c1-19-5-2-3-15(19)16-11-23-8-7-21(16)17(22)13-4-6-20-12-18-10-14(20)9-13/h2-6,9-10,12,16H,7-8,11H2,1H3/t16-/m1/s1. The highest BCUT2D eigenvalue weighted by Gasteiger charge is 2.30. The zero-order valence-electron chi connectivity index (χ0n) is 12.9. The minimum Gasteiger partial charge on any atom is -0.377 e. The fraction of sp³-hybridized carbons (Fsp3) is 0.294. The zero-order valence-corrected chi connectivity index (χ0v) is 12.9. The maximum Gasteiger partial charge on any atom is 0.254 e. The second kappa shape index (κ2) is 5.55. The Morgan fingerprint density at radius 3 is 3.09 bits per heavy atom. The third-order valence-corrected chi connectivity index (χ3v) is 4.38. The van der Waals surface area contributed by atoms with Crippen LogP contribution in [0.3, 0.4) is 0 Å². The lowest BCUT2D eigenvalue weighted by Gasteiger charge is -2.36. The SMILES string of the molecule is Cn1cccc1[C@H]1COCCN1C(=O)c1ccn2cncc2c1. The van der Waals surface area contributed by atoms with Gasteiger partial charge in [-0.05, 0) is 24.3 Å². The Bertz CT molecular complexity index is 851. The number of hydrogen-bond acceptors (Lipinski definition) is 3. The van der Waals surface area contributed by atoms with Gasteiger partial charge in [-0.2, -0.15) is 0 Å². The number of aryl methyl sites for hydroxylation is 1. The number of imidazole rings is 1. The highest BCUT2D eigenvalue weighted by molar-refractivity contribution is 5.95. The molecule has 6 nitrogen and oxygen atoms in total. The third kappa shape index (κ3) is 2.41. The predicted octanol–water partition coefficient (Wildman–Crippen LogP) is 1.89. The zero-order chi connectivity index (χ0) is 15.8. The molecule has 3 aromatic heterocycles. The van der Waals surface area contributed by atoms with Gasteiger partial charge in [0.1, 0.15) is 0 Å². The first-order valence-corrected chi connectivity index (χ1v) is 7.66. The van der Waals surface area contributed by atoms with Gasteiger partial charge < -0.3 is 18.6 Å². The Morgan fingerprint density at radius 2 is 2.26 bits per heavy atom. The first-order valence-electron chi connectivity index (χ1n) is 7.66. The number of amides is 1. The normalized spacial score (nSPS) is 18.5. The summed E-state index contributed by atoms with van der Waals surface area (Å²) in [4.78, 5) is 19.0. The van der Waals surface area contributed by atoms with E-state index in [0.29, 0.717) is 25.3 Å². The van der Waals surface area contributed by atoms with E-state index in [1.807, 2.05) is 57.6 Å². The maximum absolute atomic E-state index is 13.0. The number of nitrogens with zero attached hydrogens (tertiary/aromatic N) is 4. The molecule has 1 aliphatic heterocycles. The topological polar surface area (TPSA) is 51.8 Å². The molecule has 23 heavy (non-hydrogen) atoms. The van der Waals surface area contributed by atoms with E-state index in [9.17, 15) is 4.79 Å². The van der Waals surface area contributed by atoms with E-state index in [-0.39, 0.29) is 11.9 Å². The molecule has 4 rings (SSSR count). The molecular formula is C17H18N4O2. The van der Waals surface area contributed by atoms with Gasteiger partial charge in [-0.3, -0.25) is 4.79 Å². The number of fused-ring (bicyclic) bond motifs is 1. The van der Waals surface area contributed by atoms with Crippen molar-refractivity contribution in [1.29, 1.82) is 0 Å². The first kappa shape index (κ1) is 14.0. The predicted molar refractivity (Wildman–Crippen MR) is 85.2 cm³/mol. The molecular weight excluding hydrogens is 292 g/mol. The van der Waals surface area contributed by atoms with Crippen molar-refractivity contribution in [3.8, 4) is 0 Å². The summed E-state index contributed by atoms with van der Waals surface area (Å²) in [5.41, 5.74) is 2.68. The van der Waals surface area contributed by atoms with Crippen molar-refractivity contribution in [2.75, 3.05) is 19.8 Å². The van der Waals surface area contributed by atoms with Gasteiger partial charge in [0, 0.05) is 37.2 Å². The Labute approximate surface area is 133 Å². The van der Waals surface area contributed by atoms with Gasteiger partial charge in [0.05, 0.1) is 37.3 Å². The van der Waals surface area contributed by atoms with Gasteiger partial charge in [0.2, 0.25) is 0 Å². The fourth-order valence-electron chi connectivity index (χ4n) is 3.13. The van der Waals surface area contributed by atoms with Crippen LogP contribution in [0.4, 0.5) is 0 Å². The molecule has 0 unspecified atom stereocenters. The Kier molecular flexibility index (Phi) is 3.38. The van der Waals surface area contributed by atoms with Crippen LogP contribution in [0, 0.1) is 0 Å². The lowest BCUT2D eigenvalue weighted by molar-refractivity contribution is -0.00463. The van der Waals surface area contributed by atoms with Gasteiger partial charge >= 0.3 is 0 Å². The molecule has 1 aliphatic rings. The molecule has 0 bridgehead atoms. The molecule has 6 heteroatoms. The Hall–Kier alpha value is -2.60. The maximum atomic E-state index is 13.0. The molecule has 3 aromatic rings. The summed E-state index contributed by atoms with van der Waals surface area (Å²) >= 11 is 0. The van der Waals surface area contributed by atoms with Crippen LogP contribution in [0.2, 0.25) is 0 Å². The van der Waals surface area contributed by atoms with E-state index in [4.69, 9.17) is 4.74 Å². The van der Waals surface area contributed by atoms with Crippen molar-refractivity contribution < 1.29 is 9.53 Å². The second-order valence-corrected chi connectivity index (χ2v) is 5.77. The minimum atomic E-state index is -0.0580. The summed E-state index contributed by atoms with van der Waals surface area (Å²) in [6.45, 7) is 1.69. The molecule has 4 heterocycles. The lowest BCUT2D eigenvalue weighted by Crippen LogP contribution is -2.44. The molecule has 1 saturated heterocycles. The average Bonchev–Trinajstić information content (AvgIpc) is 3.22. The van der Waals surface area contributed by atoms with E-state index >= 15 is 0 Å². The van der Waals surface area contributed by atoms with Crippen LogP contribution in [0.1, 0.15) is 22.1 Å². The van der Waals surface area contributed by atoms with Crippen molar-refractivity contribution >= 4 is 11.4 Å². The van der Waals surface area contributed by atoms with Crippen LogP contribution in [0.15, 0.2) is 49.2 Å². The third-order valence-electron chi connectivity index (χ3n) is 4.38. The van der Waals surface area contributed by atoms with Gasteiger partial charge in [-0.1, -0.05) is 0 Å². The van der Waals surface area contributed by atoms with Gasteiger partial charge in [-0.15, -0.1) is 0 Å². The monoisotopic (exact) mass is 310 g/mol. The quantitative estimate of drug-likeness (QED) is 0.726. The molecule has 1 fully saturated rings. The van der Waals surface area contributed by atoms with Crippen LogP contribution in [-0.2, 0) is 11.8 Å². The smallest absolute Gasteiger partial charge is 0.254 e. The van der Waals surface area contributed by atoms with Crippen LogP contribution >= 0.6 is 0 Å². The molecule has 1 atom stereocenters. The van der Waals surface area contributed by atoms with Gasteiger partial charge in [0.15, 0.2) is 0 Å². The Morgan fingerprint density at radius 1 is 1.35 bits per heavy atom. The van der Waals surface area contributed by atoms with Crippen molar-refractivity contribution in [3.05, 3.63) is 60.4 Å². The second-order valence-electron chi connectivity index (χ2n) is 5.77. The molecule has 0 N–H and O–H groups in total. The molecule has 0 saturated carbocycles. The molecule has 0 spiro atoms. The Balaban J connectivity index is 1.68. The van der Waals surface area contributed by atoms with E-state index in [0.717, 1.165) is 11.2 Å². The van der Waals surface area contributed by atoms with Crippen molar-refractivity contribution in [1.82, 2.24) is 18.9 Å². The number of pyridine rings is 1. The number of carbonyl (C=O) groups is 1. The van der Waals surface area contributed by atoms with Crippen LogP contribution < -0.4 is 0 Å². The minimum absolute atomic E-state index is 0.0307. The highest BCUT2D eigenvalue weighted by atomic mass is 16.5. The molecule has 0 radical (unpaired) electrons. The number of aromatic nitrogens is 3. The first-order chi connectivity index (χ1) is 11.2. The van der Waals surface area contributed by atoms with E-state index in [2.05, 4.69) is 4.98 Å².